The fourth-order valence-corrected chi connectivity index (χ4v) is 4.12. The van der Waals surface area contributed by atoms with Gasteiger partial charge in [-0.1, -0.05) is 25.1 Å². The molecule has 1 atom stereocenters. The second-order valence-electron chi connectivity index (χ2n) is 7.92. The summed E-state index contributed by atoms with van der Waals surface area (Å²) in [7, 11) is 0. The number of carbonyl (C=O) groups is 1. The van der Waals surface area contributed by atoms with E-state index in [9.17, 15) is 9.59 Å². The molecule has 1 aromatic heterocycles. The molecule has 1 aromatic carbocycles. The van der Waals surface area contributed by atoms with Crippen LogP contribution in [0.4, 0.5) is 0 Å². The summed E-state index contributed by atoms with van der Waals surface area (Å²) in [5, 5.41) is 4.08. The molecule has 0 bridgehead atoms. The van der Waals surface area contributed by atoms with Crippen LogP contribution in [-0.4, -0.2) is 43.1 Å². The van der Waals surface area contributed by atoms with Crippen molar-refractivity contribution >= 4 is 28.5 Å². The second-order valence-corrected chi connectivity index (χ2v) is 8.33. The van der Waals surface area contributed by atoms with Crippen molar-refractivity contribution in [2.45, 2.75) is 46.1 Å². The molecule has 3 rings (SSSR count). The van der Waals surface area contributed by atoms with E-state index >= 15 is 0 Å². The second kappa shape index (κ2) is 9.67. The molecule has 2 heterocycles. The minimum Gasteiger partial charge on any atom is -0.488 e. The fourth-order valence-electron chi connectivity index (χ4n) is 3.90. The fraction of sp³-hybridized carbons (Fsp3) is 0.478. The smallest absolute Gasteiger partial charge is 0.340 e. The average Bonchev–Trinajstić information content (AvgIpc) is 3.16. The number of fused-ring (bicyclic) bond motifs is 1. The Kier molecular flexibility index (Phi) is 7.21. The number of nitrogens with zero attached hydrogens (tertiary/aromatic N) is 1. The number of likely N-dealkylation sites (tertiary alicyclic amines) is 1. The van der Waals surface area contributed by atoms with E-state index in [0.29, 0.717) is 52.1 Å². The third-order valence-electron chi connectivity index (χ3n) is 5.59. The van der Waals surface area contributed by atoms with Gasteiger partial charge in [0, 0.05) is 24.0 Å². The summed E-state index contributed by atoms with van der Waals surface area (Å²) in [6.45, 7) is 12.6. The molecule has 0 spiro atoms. The Hall–Kier alpha value is -2.31. The molecule has 2 aromatic rings. The zero-order valence-electron chi connectivity index (χ0n) is 17.8. The molecule has 30 heavy (non-hydrogen) atoms. The summed E-state index contributed by atoms with van der Waals surface area (Å²) in [6.07, 6.45) is 2.22. The van der Waals surface area contributed by atoms with Gasteiger partial charge in [0.25, 0.3) is 0 Å². The zero-order valence-corrected chi connectivity index (χ0v) is 18.6. The summed E-state index contributed by atoms with van der Waals surface area (Å²) in [6, 6.07) is 3.68. The Morgan fingerprint density at radius 1 is 1.43 bits per heavy atom. The summed E-state index contributed by atoms with van der Waals surface area (Å²) in [5.74, 6) is 0.248. The minimum absolute atomic E-state index is 0.0194. The van der Waals surface area contributed by atoms with Crippen molar-refractivity contribution in [1.82, 2.24) is 10.2 Å². The summed E-state index contributed by atoms with van der Waals surface area (Å²) in [5.41, 5.74) is 1.77. The number of hydrogen-bond acceptors (Lipinski definition) is 5. The maximum Gasteiger partial charge on any atom is 0.340 e. The third-order valence-corrected chi connectivity index (χ3v) is 5.89. The van der Waals surface area contributed by atoms with Crippen LogP contribution < -0.4 is 15.7 Å². The van der Waals surface area contributed by atoms with Gasteiger partial charge in [-0.25, -0.2) is 4.79 Å². The molecule has 6 nitrogen and oxygen atoms in total. The molecule has 1 fully saturated rings. The van der Waals surface area contributed by atoms with Crippen LogP contribution in [0.2, 0.25) is 5.02 Å². The van der Waals surface area contributed by atoms with Crippen molar-refractivity contribution < 1.29 is 13.9 Å². The number of hydrogen-bond donors (Lipinski definition) is 1. The number of nitrogens with one attached hydrogen (secondary N) is 1. The van der Waals surface area contributed by atoms with Gasteiger partial charge in [-0.2, -0.15) is 0 Å². The predicted octanol–water partition coefficient (Wildman–Crippen LogP) is 3.85. The van der Waals surface area contributed by atoms with Crippen molar-refractivity contribution in [2.24, 2.45) is 0 Å². The van der Waals surface area contributed by atoms with Crippen LogP contribution in [0.3, 0.4) is 0 Å². The van der Waals surface area contributed by atoms with Gasteiger partial charge in [-0.3, -0.25) is 9.69 Å². The number of likely N-dealkylation sites (N-methyl/N-ethyl adjacent to an activating group) is 1. The average molecular weight is 433 g/mol. The number of amides is 1. The van der Waals surface area contributed by atoms with Crippen molar-refractivity contribution in [2.75, 3.05) is 26.2 Å². The lowest BCUT2D eigenvalue weighted by Crippen LogP contribution is -2.40. The van der Waals surface area contributed by atoms with Crippen molar-refractivity contribution in [3.05, 3.63) is 50.9 Å². The molecule has 162 valence electrons. The van der Waals surface area contributed by atoms with Crippen LogP contribution in [0.15, 0.2) is 33.5 Å². The van der Waals surface area contributed by atoms with Gasteiger partial charge in [0.05, 0.1) is 17.0 Å². The lowest BCUT2D eigenvalue weighted by atomic mass is 10.0. The molecular formula is C23H29ClN2O4. The first-order valence-corrected chi connectivity index (χ1v) is 10.7. The molecular weight excluding hydrogens is 404 g/mol. The number of halogens is 1. The normalized spacial score (nSPS) is 16.7. The Balaban J connectivity index is 1.77. The molecule has 0 saturated carbocycles. The molecule has 1 aliphatic heterocycles. The predicted molar refractivity (Wildman–Crippen MR) is 120 cm³/mol. The number of aryl methyl sites for hydroxylation is 1. The first-order chi connectivity index (χ1) is 14.3. The summed E-state index contributed by atoms with van der Waals surface area (Å²) in [4.78, 5) is 27.4. The lowest BCUT2D eigenvalue weighted by molar-refractivity contribution is -0.120. The first-order valence-electron chi connectivity index (χ1n) is 10.3. The van der Waals surface area contributed by atoms with E-state index in [1.807, 2.05) is 13.8 Å². The molecule has 7 heteroatoms. The number of carbonyl (C=O) groups excluding carboxylic acids is 1. The van der Waals surface area contributed by atoms with Crippen molar-refractivity contribution in [1.29, 1.82) is 0 Å². The standard InChI is InChI=1S/C23H29ClN2O4/c1-5-26-8-6-7-16(26)12-25-22(27)10-18-15(4)17-9-19(24)21(29-13-14(2)3)11-20(17)30-23(18)28/h9,11,16H,2,5-8,10,12-13H2,1,3-4H3,(H,25,27). The maximum absolute atomic E-state index is 12.6. The molecule has 0 aliphatic carbocycles. The maximum atomic E-state index is 12.6. The third kappa shape index (κ3) is 5.05. The van der Waals surface area contributed by atoms with E-state index in [4.69, 9.17) is 20.8 Å². The van der Waals surface area contributed by atoms with Crippen LogP contribution in [0.1, 0.15) is 37.8 Å². The van der Waals surface area contributed by atoms with E-state index in [1.54, 1.807) is 12.1 Å². The summed E-state index contributed by atoms with van der Waals surface area (Å²) < 4.78 is 11.1. The topological polar surface area (TPSA) is 71.8 Å². The van der Waals surface area contributed by atoms with Crippen LogP contribution in [0.25, 0.3) is 11.0 Å². The van der Waals surface area contributed by atoms with Crippen molar-refractivity contribution in [3.63, 3.8) is 0 Å². The van der Waals surface area contributed by atoms with Gasteiger partial charge in [0.15, 0.2) is 0 Å². The Labute approximate surface area is 181 Å². The molecule has 1 aliphatic rings. The van der Waals surface area contributed by atoms with E-state index in [1.165, 1.54) is 0 Å². The highest BCUT2D eigenvalue weighted by Gasteiger charge is 2.24. The van der Waals surface area contributed by atoms with E-state index in [2.05, 4.69) is 23.7 Å². The van der Waals surface area contributed by atoms with Gasteiger partial charge in [-0.15, -0.1) is 0 Å². The first kappa shape index (κ1) is 22.4. The van der Waals surface area contributed by atoms with E-state index < -0.39 is 5.63 Å². The number of ether oxygens (including phenoxy) is 1. The molecule has 1 N–H and O–H groups in total. The van der Waals surface area contributed by atoms with Crippen molar-refractivity contribution in [3.8, 4) is 5.75 Å². The monoisotopic (exact) mass is 432 g/mol. The Morgan fingerprint density at radius 3 is 2.90 bits per heavy atom. The number of benzene rings is 1. The zero-order chi connectivity index (χ0) is 21.8. The SMILES string of the molecule is C=C(C)COc1cc2oc(=O)c(CC(=O)NCC3CCCN3CC)c(C)c2cc1Cl. The number of rotatable bonds is 8. The van der Waals surface area contributed by atoms with Crippen LogP contribution in [0, 0.1) is 6.92 Å². The van der Waals surface area contributed by atoms with E-state index in [0.717, 1.165) is 31.5 Å². The van der Waals surface area contributed by atoms with Crippen LogP contribution in [-0.2, 0) is 11.2 Å². The largest absolute Gasteiger partial charge is 0.488 e. The van der Waals surface area contributed by atoms with Crippen LogP contribution in [0.5, 0.6) is 5.75 Å². The highest BCUT2D eigenvalue weighted by atomic mass is 35.5. The quantitative estimate of drug-likeness (QED) is 0.506. The Bertz CT molecular complexity index is 1010. The Morgan fingerprint density at radius 2 is 2.20 bits per heavy atom. The molecule has 1 saturated heterocycles. The van der Waals surface area contributed by atoms with Gasteiger partial charge in [0.1, 0.15) is 17.9 Å². The molecule has 1 unspecified atom stereocenters. The molecule has 1 amide bonds. The highest BCUT2D eigenvalue weighted by molar-refractivity contribution is 6.32. The van der Waals surface area contributed by atoms with E-state index in [-0.39, 0.29) is 12.3 Å². The van der Waals surface area contributed by atoms with Gasteiger partial charge < -0.3 is 14.5 Å². The minimum atomic E-state index is -0.514. The highest BCUT2D eigenvalue weighted by Crippen LogP contribution is 2.32. The lowest BCUT2D eigenvalue weighted by Gasteiger charge is -2.22. The molecule has 0 radical (unpaired) electrons. The summed E-state index contributed by atoms with van der Waals surface area (Å²) >= 11 is 6.35. The van der Waals surface area contributed by atoms with Gasteiger partial charge in [0.2, 0.25) is 5.91 Å². The van der Waals surface area contributed by atoms with Crippen LogP contribution >= 0.6 is 11.6 Å². The van der Waals surface area contributed by atoms with Gasteiger partial charge >= 0.3 is 5.63 Å². The van der Waals surface area contributed by atoms with Gasteiger partial charge in [-0.05, 0) is 57.0 Å².